The Morgan fingerprint density at radius 1 is 1.21 bits per heavy atom. The summed E-state index contributed by atoms with van der Waals surface area (Å²) in [6.45, 7) is 5.68. The fourth-order valence-corrected chi connectivity index (χ4v) is 3.18. The molecule has 0 aliphatic carbocycles. The van der Waals surface area contributed by atoms with Gasteiger partial charge in [-0.15, -0.1) is 0 Å². The summed E-state index contributed by atoms with van der Waals surface area (Å²) >= 11 is 0. The maximum atomic E-state index is 5.28. The van der Waals surface area contributed by atoms with Crippen molar-refractivity contribution in [2.24, 2.45) is 0 Å². The monoisotopic (exact) mass is 262 g/mol. The van der Waals surface area contributed by atoms with Gasteiger partial charge in [0.15, 0.2) is 5.82 Å². The van der Waals surface area contributed by atoms with E-state index >= 15 is 0 Å². The number of methoxy groups -OCH3 is 1. The molecule has 2 saturated heterocycles. The van der Waals surface area contributed by atoms with Gasteiger partial charge in [0.2, 0.25) is 0 Å². The molecule has 1 aromatic heterocycles. The Hall–Kier alpha value is -1.36. The number of piperidine rings is 1. The summed E-state index contributed by atoms with van der Waals surface area (Å²) in [5.41, 5.74) is 0. The number of rotatable bonds is 3. The normalized spacial score (nSPS) is 25.2. The van der Waals surface area contributed by atoms with Crippen LogP contribution in [0.5, 0.6) is 5.88 Å². The molecule has 0 aromatic carbocycles. The second-order valence-electron chi connectivity index (χ2n) is 5.53. The smallest absolute Gasteiger partial charge is 0.257 e. The van der Waals surface area contributed by atoms with Crippen LogP contribution in [-0.4, -0.2) is 53.7 Å². The Bertz CT molecular complexity index is 433. The molecular weight excluding hydrogens is 240 g/mol. The molecule has 1 aromatic rings. The maximum absolute atomic E-state index is 5.28. The number of nitrogens with zero attached hydrogens (tertiary/aromatic N) is 4. The number of hydrogen-bond acceptors (Lipinski definition) is 5. The maximum Gasteiger partial charge on any atom is 0.257 e. The quantitative estimate of drug-likeness (QED) is 0.826. The molecule has 2 fully saturated rings. The summed E-state index contributed by atoms with van der Waals surface area (Å²) in [6, 6.07) is 1.40. The van der Waals surface area contributed by atoms with Crippen molar-refractivity contribution in [3.8, 4) is 5.88 Å². The van der Waals surface area contributed by atoms with E-state index in [4.69, 9.17) is 4.74 Å². The predicted octanol–water partition coefficient (Wildman–Crippen LogP) is 1.55. The lowest BCUT2D eigenvalue weighted by Gasteiger charge is -2.49. The fraction of sp³-hybridized carbons (Fsp3) is 0.714. The van der Waals surface area contributed by atoms with Gasteiger partial charge in [-0.1, -0.05) is 6.42 Å². The molecule has 1 atom stereocenters. The number of anilines is 1. The molecule has 3 heterocycles. The SMILES string of the molecule is COc1nccnc1N1CC(N2CCCCC2C)C1. The van der Waals surface area contributed by atoms with Gasteiger partial charge in [-0.3, -0.25) is 4.90 Å². The summed E-state index contributed by atoms with van der Waals surface area (Å²) < 4.78 is 5.28. The number of aromatic nitrogens is 2. The standard InChI is InChI=1S/C14H22N4O/c1-11-5-3-4-8-18(11)12-9-17(10-12)13-14(19-2)16-7-6-15-13/h6-7,11-12H,3-5,8-10H2,1-2H3. The lowest BCUT2D eigenvalue weighted by Crippen LogP contribution is -2.62. The zero-order chi connectivity index (χ0) is 13.2. The van der Waals surface area contributed by atoms with Crippen molar-refractivity contribution in [3.63, 3.8) is 0 Å². The van der Waals surface area contributed by atoms with Crippen LogP contribution in [0.3, 0.4) is 0 Å². The van der Waals surface area contributed by atoms with Gasteiger partial charge >= 0.3 is 0 Å². The molecule has 5 nitrogen and oxygen atoms in total. The zero-order valence-electron chi connectivity index (χ0n) is 11.7. The zero-order valence-corrected chi connectivity index (χ0v) is 11.7. The van der Waals surface area contributed by atoms with Gasteiger partial charge < -0.3 is 9.64 Å². The van der Waals surface area contributed by atoms with Crippen molar-refractivity contribution >= 4 is 5.82 Å². The molecule has 0 saturated carbocycles. The van der Waals surface area contributed by atoms with Crippen LogP contribution in [0.2, 0.25) is 0 Å². The molecule has 0 bridgehead atoms. The molecule has 2 aliphatic heterocycles. The average Bonchev–Trinajstić information content (AvgIpc) is 2.40. The Morgan fingerprint density at radius 2 is 2.00 bits per heavy atom. The first kappa shape index (κ1) is 12.7. The molecule has 1 unspecified atom stereocenters. The van der Waals surface area contributed by atoms with Crippen LogP contribution in [-0.2, 0) is 0 Å². The lowest BCUT2D eigenvalue weighted by atomic mass is 9.97. The van der Waals surface area contributed by atoms with E-state index in [9.17, 15) is 0 Å². The van der Waals surface area contributed by atoms with Gasteiger partial charge in [0.25, 0.3) is 5.88 Å². The third-order valence-electron chi connectivity index (χ3n) is 4.33. The molecule has 19 heavy (non-hydrogen) atoms. The van der Waals surface area contributed by atoms with E-state index in [0.29, 0.717) is 11.9 Å². The molecule has 0 spiro atoms. The topological polar surface area (TPSA) is 41.5 Å². The molecule has 0 amide bonds. The minimum absolute atomic E-state index is 0.632. The highest BCUT2D eigenvalue weighted by molar-refractivity contribution is 5.50. The molecule has 0 N–H and O–H groups in total. The van der Waals surface area contributed by atoms with Crippen LogP contribution in [0.15, 0.2) is 12.4 Å². The van der Waals surface area contributed by atoms with Gasteiger partial charge in [-0.2, -0.15) is 0 Å². The first-order valence-corrected chi connectivity index (χ1v) is 7.15. The van der Waals surface area contributed by atoms with Crippen molar-refractivity contribution in [3.05, 3.63) is 12.4 Å². The van der Waals surface area contributed by atoms with Crippen molar-refractivity contribution in [1.82, 2.24) is 14.9 Å². The Kier molecular flexibility index (Phi) is 3.55. The van der Waals surface area contributed by atoms with Gasteiger partial charge in [0, 0.05) is 37.6 Å². The van der Waals surface area contributed by atoms with Crippen LogP contribution in [0.4, 0.5) is 5.82 Å². The second kappa shape index (κ2) is 5.33. The number of likely N-dealkylation sites (tertiary alicyclic amines) is 1. The summed E-state index contributed by atoms with van der Waals surface area (Å²) in [7, 11) is 1.65. The van der Waals surface area contributed by atoms with E-state index in [0.717, 1.165) is 24.9 Å². The molecule has 0 radical (unpaired) electrons. The van der Waals surface area contributed by atoms with Crippen molar-refractivity contribution in [2.45, 2.75) is 38.3 Å². The van der Waals surface area contributed by atoms with E-state index in [1.54, 1.807) is 19.5 Å². The van der Waals surface area contributed by atoms with Crippen LogP contribution in [0, 0.1) is 0 Å². The predicted molar refractivity (Wildman–Crippen MR) is 74.6 cm³/mol. The molecular formula is C14H22N4O. The van der Waals surface area contributed by atoms with Crippen molar-refractivity contribution in [1.29, 1.82) is 0 Å². The van der Waals surface area contributed by atoms with E-state index in [1.807, 2.05) is 0 Å². The molecule has 104 valence electrons. The lowest BCUT2D eigenvalue weighted by molar-refractivity contribution is 0.0870. The first-order valence-electron chi connectivity index (χ1n) is 7.15. The van der Waals surface area contributed by atoms with Crippen molar-refractivity contribution < 1.29 is 4.74 Å². The largest absolute Gasteiger partial charge is 0.478 e. The summed E-state index contributed by atoms with van der Waals surface area (Å²) in [5.74, 6) is 1.51. The summed E-state index contributed by atoms with van der Waals surface area (Å²) in [4.78, 5) is 13.5. The van der Waals surface area contributed by atoms with Crippen LogP contribution in [0.1, 0.15) is 26.2 Å². The molecule has 3 rings (SSSR count). The second-order valence-corrected chi connectivity index (χ2v) is 5.53. The third-order valence-corrected chi connectivity index (χ3v) is 4.33. The third kappa shape index (κ3) is 2.39. The highest BCUT2D eigenvalue weighted by atomic mass is 16.5. The minimum atomic E-state index is 0.632. The Labute approximate surface area is 114 Å². The Balaban J connectivity index is 1.63. The van der Waals surface area contributed by atoms with E-state index < -0.39 is 0 Å². The van der Waals surface area contributed by atoms with Crippen LogP contribution >= 0.6 is 0 Å². The van der Waals surface area contributed by atoms with Gasteiger partial charge in [0.05, 0.1) is 7.11 Å². The Morgan fingerprint density at radius 3 is 2.74 bits per heavy atom. The number of hydrogen-bond donors (Lipinski definition) is 0. The molecule has 5 heteroatoms. The number of ether oxygens (including phenoxy) is 1. The first-order chi connectivity index (χ1) is 9.29. The fourth-order valence-electron chi connectivity index (χ4n) is 3.18. The summed E-state index contributed by atoms with van der Waals surface area (Å²) in [6.07, 6.45) is 7.47. The van der Waals surface area contributed by atoms with Crippen LogP contribution in [0.25, 0.3) is 0 Å². The van der Waals surface area contributed by atoms with Gasteiger partial charge in [-0.25, -0.2) is 9.97 Å². The van der Waals surface area contributed by atoms with Gasteiger partial charge in [0.1, 0.15) is 0 Å². The molecule has 2 aliphatic rings. The summed E-state index contributed by atoms with van der Waals surface area (Å²) in [5, 5.41) is 0. The van der Waals surface area contributed by atoms with E-state index in [2.05, 4.69) is 26.7 Å². The minimum Gasteiger partial charge on any atom is -0.478 e. The average molecular weight is 262 g/mol. The van der Waals surface area contributed by atoms with Crippen molar-refractivity contribution in [2.75, 3.05) is 31.6 Å². The van der Waals surface area contributed by atoms with Gasteiger partial charge in [-0.05, 0) is 26.3 Å². The van der Waals surface area contributed by atoms with E-state index in [1.165, 1.54) is 25.8 Å². The highest BCUT2D eigenvalue weighted by Gasteiger charge is 2.36. The highest BCUT2D eigenvalue weighted by Crippen LogP contribution is 2.30. The van der Waals surface area contributed by atoms with Crippen LogP contribution < -0.4 is 9.64 Å². The van der Waals surface area contributed by atoms with E-state index in [-0.39, 0.29) is 0 Å².